The molecular formula is C11H16F3NOS. The third-order valence-electron chi connectivity index (χ3n) is 2.53. The van der Waals surface area contributed by atoms with Gasteiger partial charge < -0.3 is 5.11 Å². The molecule has 0 spiro atoms. The van der Waals surface area contributed by atoms with Crippen molar-refractivity contribution in [2.45, 2.75) is 51.3 Å². The highest BCUT2D eigenvalue weighted by Crippen LogP contribution is 2.39. The molecule has 0 aliphatic carbocycles. The molecular weight excluding hydrogens is 251 g/mol. The Hall–Kier alpha value is -0.620. The summed E-state index contributed by atoms with van der Waals surface area (Å²) in [6, 6.07) is 0. The number of aliphatic hydroxyl groups is 1. The van der Waals surface area contributed by atoms with E-state index in [0.29, 0.717) is 29.1 Å². The normalized spacial score (nSPS) is 13.1. The minimum atomic E-state index is -4.43. The highest BCUT2D eigenvalue weighted by molar-refractivity contribution is 7.11. The van der Waals surface area contributed by atoms with Crippen LogP contribution in [0.2, 0.25) is 0 Å². The molecule has 1 heterocycles. The van der Waals surface area contributed by atoms with Crippen LogP contribution in [0.5, 0.6) is 0 Å². The summed E-state index contributed by atoms with van der Waals surface area (Å²) < 4.78 is 37.3. The molecule has 0 fully saturated rings. The zero-order chi connectivity index (χ0) is 13.1. The van der Waals surface area contributed by atoms with E-state index >= 15 is 0 Å². The van der Waals surface area contributed by atoms with Gasteiger partial charge in [-0.25, -0.2) is 4.98 Å². The van der Waals surface area contributed by atoms with Crippen LogP contribution in [0.15, 0.2) is 6.20 Å². The Bertz CT molecular complexity index is 356. The summed E-state index contributed by atoms with van der Waals surface area (Å²) in [5, 5.41) is 9.47. The molecule has 0 unspecified atom stereocenters. The minimum Gasteiger partial charge on any atom is -0.384 e. The van der Waals surface area contributed by atoms with Crippen molar-refractivity contribution in [3.8, 4) is 0 Å². The van der Waals surface area contributed by atoms with Gasteiger partial charge in [0.15, 0.2) is 5.01 Å². The fraction of sp³-hybridized carbons (Fsp3) is 0.727. The summed E-state index contributed by atoms with van der Waals surface area (Å²) in [4.78, 5) is 3.67. The largest absolute Gasteiger partial charge is 0.443 e. The van der Waals surface area contributed by atoms with Crippen molar-refractivity contribution in [3.05, 3.63) is 16.1 Å². The number of alkyl halides is 3. The van der Waals surface area contributed by atoms with E-state index in [0.717, 1.165) is 19.0 Å². The zero-order valence-electron chi connectivity index (χ0n) is 9.84. The summed E-state index contributed by atoms with van der Waals surface area (Å²) in [5.74, 6) is 0. The number of halogens is 3. The fourth-order valence-corrected chi connectivity index (χ4v) is 2.75. The zero-order valence-corrected chi connectivity index (χ0v) is 10.7. The van der Waals surface area contributed by atoms with E-state index in [2.05, 4.69) is 4.98 Å². The van der Waals surface area contributed by atoms with E-state index in [1.54, 1.807) is 0 Å². The van der Waals surface area contributed by atoms with Gasteiger partial charge in [0.05, 0.1) is 4.88 Å². The molecule has 1 aromatic rings. The van der Waals surface area contributed by atoms with Gasteiger partial charge in [-0.3, -0.25) is 0 Å². The summed E-state index contributed by atoms with van der Waals surface area (Å²) in [7, 11) is 0. The Labute approximate surface area is 103 Å². The minimum absolute atomic E-state index is 0.313. The predicted octanol–water partition coefficient (Wildman–Crippen LogP) is 3.95. The standard InChI is InChI=1S/C11H16F3NOS/c1-3-5-10(16,6-4-2)8-7-15-9(17-8)11(12,13)14/h7,16H,3-6H2,1-2H3. The van der Waals surface area contributed by atoms with Gasteiger partial charge in [-0.05, 0) is 12.8 Å². The lowest BCUT2D eigenvalue weighted by Crippen LogP contribution is -2.23. The van der Waals surface area contributed by atoms with Gasteiger partial charge in [0.1, 0.15) is 5.60 Å². The lowest BCUT2D eigenvalue weighted by molar-refractivity contribution is -0.137. The second kappa shape index (κ2) is 5.35. The van der Waals surface area contributed by atoms with E-state index in [9.17, 15) is 18.3 Å². The predicted molar refractivity (Wildman–Crippen MR) is 60.8 cm³/mol. The Morgan fingerprint density at radius 3 is 2.12 bits per heavy atom. The molecule has 0 saturated heterocycles. The van der Waals surface area contributed by atoms with Crippen molar-refractivity contribution in [1.82, 2.24) is 4.98 Å². The molecule has 1 N–H and O–H groups in total. The molecule has 17 heavy (non-hydrogen) atoms. The summed E-state index contributed by atoms with van der Waals surface area (Å²) in [5.41, 5.74) is -1.16. The van der Waals surface area contributed by atoms with Crippen molar-refractivity contribution in [3.63, 3.8) is 0 Å². The smallest absolute Gasteiger partial charge is 0.384 e. The lowest BCUT2D eigenvalue weighted by atomic mass is 9.92. The molecule has 1 aromatic heterocycles. The maximum atomic E-state index is 12.4. The van der Waals surface area contributed by atoms with Crippen LogP contribution in [0.3, 0.4) is 0 Å². The Kier molecular flexibility index (Phi) is 4.55. The van der Waals surface area contributed by atoms with Gasteiger partial charge in [-0.1, -0.05) is 26.7 Å². The van der Waals surface area contributed by atoms with Crippen LogP contribution in [0, 0.1) is 0 Å². The average Bonchev–Trinajstić information content (AvgIpc) is 2.66. The number of aromatic nitrogens is 1. The van der Waals surface area contributed by atoms with E-state index in [4.69, 9.17) is 0 Å². The van der Waals surface area contributed by atoms with Gasteiger partial charge in [0.2, 0.25) is 0 Å². The van der Waals surface area contributed by atoms with Crippen molar-refractivity contribution in [2.24, 2.45) is 0 Å². The van der Waals surface area contributed by atoms with Crippen LogP contribution in [0.1, 0.15) is 49.4 Å². The van der Waals surface area contributed by atoms with Gasteiger partial charge in [0, 0.05) is 6.20 Å². The maximum absolute atomic E-state index is 12.4. The van der Waals surface area contributed by atoms with Crippen molar-refractivity contribution in [2.75, 3.05) is 0 Å². The molecule has 0 aromatic carbocycles. The molecule has 0 bridgehead atoms. The molecule has 6 heteroatoms. The summed E-state index contributed by atoms with van der Waals surface area (Å²) in [6.07, 6.45) is -0.923. The van der Waals surface area contributed by atoms with E-state index in [1.165, 1.54) is 0 Å². The van der Waals surface area contributed by atoms with Crippen LogP contribution in [-0.4, -0.2) is 10.1 Å². The first-order chi connectivity index (χ1) is 7.83. The van der Waals surface area contributed by atoms with Crippen LogP contribution in [-0.2, 0) is 11.8 Å². The van der Waals surface area contributed by atoms with Crippen LogP contribution in [0.4, 0.5) is 13.2 Å². The van der Waals surface area contributed by atoms with E-state index in [1.807, 2.05) is 13.8 Å². The molecule has 1 rings (SSSR count). The number of nitrogens with zero attached hydrogens (tertiary/aromatic N) is 1. The van der Waals surface area contributed by atoms with Crippen molar-refractivity contribution >= 4 is 11.3 Å². The Morgan fingerprint density at radius 2 is 1.76 bits per heavy atom. The molecule has 0 radical (unpaired) electrons. The van der Waals surface area contributed by atoms with Gasteiger partial charge in [-0.2, -0.15) is 13.2 Å². The van der Waals surface area contributed by atoms with Crippen molar-refractivity contribution in [1.29, 1.82) is 0 Å². The van der Waals surface area contributed by atoms with Crippen molar-refractivity contribution < 1.29 is 18.3 Å². The second-order valence-electron chi connectivity index (χ2n) is 4.06. The van der Waals surface area contributed by atoms with Gasteiger partial charge in [-0.15, -0.1) is 11.3 Å². The SMILES string of the molecule is CCCC(O)(CCC)c1cnc(C(F)(F)F)s1. The summed E-state index contributed by atoms with van der Waals surface area (Å²) >= 11 is 0.541. The number of hydrogen-bond acceptors (Lipinski definition) is 3. The Morgan fingerprint density at radius 1 is 1.24 bits per heavy atom. The first-order valence-corrected chi connectivity index (χ1v) is 6.41. The second-order valence-corrected chi connectivity index (χ2v) is 5.09. The number of thiazole rings is 1. The first-order valence-electron chi connectivity index (χ1n) is 5.59. The molecule has 2 nitrogen and oxygen atoms in total. The maximum Gasteiger partial charge on any atom is 0.443 e. The molecule has 0 aliphatic heterocycles. The highest BCUT2D eigenvalue weighted by Gasteiger charge is 2.38. The first kappa shape index (κ1) is 14.4. The summed E-state index contributed by atoms with van der Waals surface area (Å²) in [6.45, 7) is 3.79. The van der Waals surface area contributed by atoms with E-state index in [-0.39, 0.29) is 0 Å². The number of hydrogen-bond donors (Lipinski definition) is 1. The van der Waals surface area contributed by atoms with Gasteiger partial charge >= 0.3 is 6.18 Å². The van der Waals surface area contributed by atoms with Gasteiger partial charge in [0.25, 0.3) is 0 Å². The monoisotopic (exact) mass is 267 g/mol. The molecule has 0 aliphatic rings. The third-order valence-corrected chi connectivity index (χ3v) is 3.77. The lowest BCUT2D eigenvalue weighted by Gasteiger charge is -2.25. The van der Waals surface area contributed by atoms with Crippen LogP contribution < -0.4 is 0 Å². The topological polar surface area (TPSA) is 33.1 Å². The average molecular weight is 267 g/mol. The van der Waals surface area contributed by atoms with E-state index < -0.39 is 16.8 Å². The van der Waals surface area contributed by atoms with Crippen LogP contribution in [0.25, 0.3) is 0 Å². The highest BCUT2D eigenvalue weighted by atomic mass is 32.1. The Balaban J connectivity index is 3.00. The molecule has 98 valence electrons. The number of rotatable bonds is 5. The third kappa shape index (κ3) is 3.42. The van der Waals surface area contributed by atoms with Crippen LogP contribution >= 0.6 is 11.3 Å². The quantitative estimate of drug-likeness (QED) is 0.876. The fourth-order valence-electron chi connectivity index (χ4n) is 1.82. The molecule has 0 atom stereocenters. The molecule has 0 amide bonds. The molecule has 0 saturated carbocycles.